The van der Waals surface area contributed by atoms with Crippen LogP contribution in [-0.2, 0) is 20.7 Å². The van der Waals surface area contributed by atoms with Crippen LogP contribution >= 0.6 is 23.1 Å². The van der Waals surface area contributed by atoms with E-state index in [-0.39, 0.29) is 18.3 Å². The van der Waals surface area contributed by atoms with Crippen molar-refractivity contribution < 1.29 is 14.3 Å². The maximum atomic E-state index is 12.0. The minimum atomic E-state index is -0.445. The predicted octanol–water partition coefficient (Wildman–Crippen LogP) is 3.30. The van der Waals surface area contributed by atoms with Crippen molar-refractivity contribution in [1.82, 2.24) is 15.3 Å². The lowest BCUT2D eigenvalue weighted by Crippen LogP contribution is -2.30. The first-order valence-electron chi connectivity index (χ1n) is 8.84. The van der Waals surface area contributed by atoms with Gasteiger partial charge in [0.15, 0.2) is 6.61 Å². The highest BCUT2D eigenvalue weighted by atomic mass is 32.2. The van der Waals surface area contributed by atoms with Gasteiger partial charge in [-0.1, -0.05) is 42.1 Å². The number of nitrogens with one attached hydrogen (secondary N) is 1. The third-order valence-electron chi connectivity index (χ3n) is 4.20. The number of benzene rings is 1. The quantitative estimate of drug-likeness (QED) is 0.345. The molecular weight excluding hydrogens is 394 g/mol. The van der Waals surface area contributed by atoms with Crippen molar-refractivity contribution in [3.8, 4) is 0 Å². The average molecular weight is 416 g/mol. The summed E-state index contributed by atoms with van der Waals surface area (Å²) in [5, 5.41) is 4.50. The van der Waals surface area contributed by atoms with Gasteiger partial charge in [0, 0.05) is 16.8 Å². The molecule has 8 heteroatoms. The number of amides is 1. The maximum Gasteiger partial charge on any atom is 0.316 e. The molecule has 0 saturated carbocycles. The SMILES string of the molecule is Cc1sc2ncnc(SCC(=O)OCC(=O)NCCc3ccccc3)c2c1C. The first-order valence-corrected chi connectivity index (χ1v) is 10.6. The van der Waals surface area contributed by atoms with Crippen molar-refractivity contribution in [1.29, 1.82) is 0 Å². The first kappa shape index (κ1) is 20.3. The van der Waals surface area contributed by atoms with Gasteiger partial charge in [-0.15, -0.1) is 11.3 Å². The molecule has 0 aliphatic carbocycles. The number of aryl methyl sites for hydroxylation is 2. The van der Waals surface area contributed by atoms with Crippen LogP contribution in [0.3, 0.4) is 0 Å². The van der Waals surface area contributed by atoms with Crippen LogP contribution < -0.4 is 5.32 Å². The Balaban J connectivity index is 1.42. The zero-order valence-electron chi connectivity index (χ0n) is 15.7. The lowest BCUT2D eigenvalue weighted by molar-refractivity contribution is -0.145. The Bertz CT molecular complexity index is 973. The van der Waals surface area contributed by atoms with Gasteiger partial charge in [-0.05, 0) is 31.4 Å². The van der Waals surface area contributed by atoms with Crippen molar-refractivity contribution in [2.75, 3.05) is 18.9 Å². The molecular formula is C20H21N3O3S2. The second-order valence-corrected chi connectivity index (χ2v) is 8.34. The van der Waals surface area contributed by atoms with Crippen molar-refractivity contribution >= 4 is 45.2 Å². The van der Waals surface area contributed by atoms with Gasteiger partial charge in [-0.3, -0.25) is 9.59 Å². The van der Waals surface area contributed by atoms with Gasteiger partial charge in [0.2, 0.25) is 0 Å². The van der Waals surface area contributed by atoms with E-state index in [2.05, 4.69) is 15.3 Å². The summed E-state index contributed by atoms with van der Waals surface area (Å²) in [5.41, 5.74) is 2.28. The lowest BCUT2D eigenvalue weighted by atomic mass is 10.1. The van der Waals surface area contributed by atoms with Gasteiger partial charge >= 0.3 is 5.97 Å². The largest absolute Gasteiger partial charge is 0.455 e. The second kappa shape index (κ2) is 9.66. The molecule has 3 rings (SSSR count). The van der Waals surface area contributed by atoms with E-state index >= 15 is 0 Å². The number of carbonyl (C=O) groups excluding carboxylic acids is 2. The van der Waals surface area contributed by atoms with Crippen molar-refractivity contribution in [2.45, 2.75) is 25.3 Å². The van der Waals surface area contributed by atoms with Crippen molar-refractivity contribution in [3.05, 3.63) is 52.7 Å². The Hall–Kier alpha value is -2.45. The Morgan fingerprint density at radius 2 is 1.96 bits per heavy atom. The van der Waals surface area contributed by atoms with E-state index < -0.39 is 5.97 Å². The van der Waals surface area contributed by atoms with Crippen LogP contribution in [0.5, 0.6) is 0 Å². The molecule has 0 aliphatic rings. The molecule has 0 spiro atoms. The van der Waals surface area contributed by atoms with E-state index in [1.807, 2.05) is 44.2 Å². The van der Waals surface area contributed by atoms with Gasteiger partial charge < -0.3 is 10.1 Å². The Morgan fingerprint density at radius 1 is 1.18 bits per heavy atom. The Morgan fingerprint density at radius 3 is 2.75 bits per heavy atom. The molecule has 0 fully saturated rings. The summed E-state index contributed by atoms with van der Waals surface area (Å²) >= 11 is 2.92. The highest BCUT2D eigenvalue weighted by Gasteiger charge is 2.14. The van der Waals surface area contributed by atoms with Crippen molar-refractivity contribution in [3.63, 3.8) is 0 Å². The fourth-order valence-corrected chi connectivity index (χ4v) is 4.53. The number of rotatable bonds is 8. The molecule has 1 aromatic carbocycles. The van der Waals surface area contributed by atoms with Crippen LogP contribution in [0.15, 0.2) is 41.7 Å². The number of fused-ring (bicyclic) bond motifs is 1. The molecule has 2 aromatic heterocycles. The fourth-order valence-electron chi connectivity index (χ4n) is 2.62. The Kier molecular flexibility index (Phi) is 7.00. The number of thioether (sulfide) groups is 1. The molecule has 2 heterocycles. The lowest BCUT2D eigenvalue weighted by Gasteiger charge is -2.07. The van der Waals surface area contributed by atoms with E-state index in [4.69, 9.17) is 4.74 Å². The van der Waals surface area contributed by atoms with Crippen LogP contribution in [0.2, 0.25) is 0 Å². The summed E-state index contributed by atoms with van der Waals surface area (Å²) in [6, 6.07) is 9.88. The standard InChI is InChI=1S/C20H21N3O3S2/c1-13-14(2)28-20-18(13)19(22-12-23-20)27-11-17(25)26-10-16(24)21-9-8-15-6-4-3-5-7-15/h3-7,12H,8-11H2,1-2H3,(H,21,24). The maximum absolute atomic E-state index is 12.0. The number of aromatic nitrogens is 2. The van der Waals surface area contributed by atoms with E-state index in [1.165, 1.54) is 23.0 Å². The van der Waals surface area contributed by atoms with Gasteiger partial charge in [-0.2, -0.15) is 0 Å². The van der Waals surface area contributed by atoms with Gasteiger partial charge in [0.25, 0.3) is 5.91 Å². The number of ether oxygens (including phenoxy) is 1. The van der Waals surface area contributed by atoms with E-state index in [9.17, 15) is 9.59 Å². The monoisotopic (exact) mass is 415 g/mol. The molecule has 0 saturated heterocycles. The van der Waals surface area contributed by atoms with Crippen LogP contribution in [0.4, 0.5) is 0 Å². The molecule has 146 valence electrons. The van der Waals surface area contributed by atoms with Crippen LogP contribution in [0, 0.1) is 13.8 Å². The van der Waals surface area contributed by atoms with E-state index in [0.717, 1.165) is 32.8 Å². The molecule has 3 aromatic rings. The predicted molar refractivity (Wildman–Crippen MR) is 112 cm³/mol. The summed E-state index contributed by atoms with van der Waals surface area (Å²) < 4.78 is 5.06. The van der Waals surface area contributed by atoms with Crippen LogP contribution in [-0.4, -0.2) is 40.7 Å². The summed E-state index contributed by atoms with van der Waals surface area (Å²) in [4.78, 5) is 34.5. The van der Waals surface area contributed by atoms with Crippen LogP contribution in [0.25, 0.3) is 10.2 Å². The zero-order valence-corrected chi connectivity index (χ0v) is 17.4. The first-order chi connectivity index (χ1) is 13.5. The minimum Gasteiger partial charge on any atom is -0.455 e. The highest BCUT2D eigenvalue weighted by molar-refractivity contribution is 8.00. The van der Waals surface area contributed by atoms with E-state index in [1.54, 1.807) is 11.3 Å². The fraction of sp³-hybridized carbons (Fsp3) is 0.300. The van der Waals surface area contributed by atoms with Gasteiger partial charge in [0.05, 0.1) is 5.75 Å². The molecule has 1 N–H and O–H groups in total. The topological polar surface area (TPSA) is 81.2 Å². The highest BCUT2D eigenvalue weighted by Crippen LogP contribution is 2.34. The smallest absolute Gasteiger partial charge is 0.316 e. The van der Waals surface area contributed by atoms with Crippen molar-refractivity contribution in [2.24, 2.45) is 0 Å². The summed E-state index contributed by atoms with van der Waals surface area (Å²) in [6.45, 7) is 4.30. The number of esters is 1. The molecule has 0 unspecified atom stereocenters. The van der Waals surface area contributed by atoms with Gasteiger partial charge in [-0.25, -0.2) is 9.97 Å². The third kappa shape index (κ3) is 5.30. The van der Waals surface area contributed by atoms with Crippen LogP contribution in [0.1, 0.15) is 16.0 Å². The molecule has 28 heavy (non-hydrogen) atoms. The number of hydrogen-bond acceptors (Lipinski definition) is 7. The summed E-state index contributed by atoms with van der Waals surface area (Å²) in [6.07, 6.45) is 2.24. The molecule has 0 atom stereocenters. The van der Waals surface area contributed by atoms with E-state index in [0.29, 0.717) is 6.54 Å². The van der Waals surface area contributed by atoms with Gasteiger partial charge in [0.1, 0.15) is 16.2 Å². The second-order valence-electron chi connectivity index (χ2n) is 6.18. The Labute approximate surface area is 171 Å². The molecule has 0 bridgehead atoms. The number of carbonyl (C=O) groups is 2. The number of nitrogens with zero attached hydrogens (tertiary/aromatic N) is 2. The summed E-state index contributed by atoms with van der Waals surface area (Å²) in [5.74, 6) is -0.653. The average Bonchev–Trinajstić information content (AvgIpc) is 3.00. The zero-order chi connectivity index (χ0) is 19.9. The number of hydrogen-bond donors (Lipinski definition) is 1. The summed E-state index contributed by atoms with van der Waals surface area (Å²) in [7, 11) is 0. The molecule has 1 amide bonds. The normalized spacial score (nSPS) is 10.8. The number of thiophene rings is 1. The minimum absolute atomic E-state index is 0.0950. The third-order valence-corrected chi connectivity index (χ3v) is 6.28. The molecule has 6 nitrogen and oxygen atoms in total. The molecule has 0 aliphatic heterocycles. The molecule has 0 radical (unpaired) electrons.